The summed E-state index contributed by atoms with van der Waals surface area (Å²) in [5.74, 6) is -1.62. The van der Waals surface area contributed by atoms with Crippen molar-refractivity contribution in [1.29, 1.82) is 0 Å². The molecule has 0 fully saturated rings. The molecule has 0 amide bonds. The smallest absolute Gasteiger partial charge is 0.399 e. The third kappa shape index (κ3) is 7.41. The van der Waals surface area contributed by atoms with Crippen LogP contribution in [0.2, 0.25) is 0 Å². The molecule has 1 aromatic heterocycles. The molecular weight excluding hydrogens is 631 g/mol. The maximum absolute atomic E-state index is 14.5. The summed E-state index contributed by atoms with van der Waals surface area (Å²) < 4.78 is 82.9. The first-order valence-corrected chi connectivity index (χ1v) is 16.0. The van der Waals surface area contributed by atoms with E-state index < -0.39 is 47.2 Å². The number of sulfonamides is 1. The fourth-order valence-corrected chi connectivity index (χ4v) is 6.33. The molecule has 0 spiro atoms. The Hall–Kier alpha value is -3.79. The molecule has 0 saturated carbocycles. The quantitative estimate of drug-likeness (QED) is 0.175. The number of aliphatic carboxylic acids is 1. The number of ether oxygens (including phenoxy) is 2. The minimum Gasteiger partial charge on any atom is -0.496 e. The first kappa shape index (κ1) is 32.1. The van der Waals surface area contributed by atoms with Crippen LogP contribution in [0.1, 0.15) is 16.7 Å². The van der Waals surface area contributed by atoms with Gasteiger partial charge in [0.15, 0.2) is 6.61 Å². The molecule has 1 heterocycles. The normalized spacial score (nSPS) is 12.3. The van der Waals surface area contributed by atoms with E-state index in [1.165, 1.54) is 35.8 Å². The zero-order valence-electron chi connectivity index (χ0n) is 22.2. The molecule has 3 aromatic carbocycles. The third-order valence-corrected chi connectivity index (χ3v) is 9.39. The van der Waals surface area contributed by atoms with Gasteiger partial charge < -0.3 is 24.4 Å². The molecule has 0 aliphatic heterocycles. The summed E-state index contributed by atoms with van der Waals surface area (Å²) in [5.41, 5.74) is -3.42. The van der Waals surface area contributed by atoms with Crippen LogP contribution in [-0.2, 0) is 38.1 Å². The van der Waals surface area contributed by atoms with E-state index in [9.17, 15) is 26.6 Å². The van der Waals surface area contributed by atoms with Crippen LogP contribution in [0, 0.1) is 0 Å². The summed E-state index contributed by atoms with van der Waals surface area (Å²) in [6.45, 7) is -1.11. The molecule has 43 heavy (non-hydrogen) atoms. The second kappa shape index (κ2) is 12.8. The Balaban J connectivity index is 1.69. The summed E-state index contributed by atoms with van der Waals surface area (Å²) in [5, 5.41) is 14.6. The van der Waals surface area contributed by atoms with Gasteiger partial charge in [0.25, 0.3) is 0 Å². The van der Waals surface area contributed by atoms with Crippen LogP contribution in [-0.4, -0.2) is 56.9 Å². The molecule has 4 aromatic rings. The molecule has 17 heteroatoms. The monoisotopic (exact) mass is 655 g/mol. The Kier molecular flexibility index (Phi) is 9.59. The van der Waals surface area contributed by atoms with Crippen molar-refractivity contribution in [3.05, 3.63) is 88.8 Å². The van der Waals surface area contributed by atoms with E-state index in [4.69, 9.17) is 24.4 Å². The van der Waals surface area contributed by atoms with E-state index in [-0.39, 0.29) is 29.3 Å². The topological polar surface area (TPSA) is 176 Å². The Morgan fingerprint density at radius 3 is 2.21 bits per heavy atom. The summed E-state index contributed by atoms with van der Waals surface area (Å²) in [4.78, 5) is 28.9. The number of nitrogens with zero attached hydrogens (tertiary/aromatic N) is 3. The Labute approximate surface area is 248 Å². The van der Waals surface area contributed by atoms with E-state index in [1.807, 2.05) is 0 Å². The van der Waals surface area contributed by atoms with Crippen molar-refractivity contribution in [2.75, 3.05) is 13.7 Å². The number of alkyl halides is 2. The number of hydrogen-bond donors (Lipinski definition) is 3. The number of carboxylic acids is 1. The molecule has 0 aliphatic carbocycles. The molecule has 0 bridgehead atoms. The van der Waals surface area contributed by atoms with Crippen molar-refractivity contribution in [3.63, 3.8) is 0 Å². The lowest BCUT2D eigenvalue weighted by molar-refractivity contribution is -0.139. The lowest BCUT2D eigenvalue weighted by Crippen LogP contribution is -2.30. The molecule has 0 saturated heterocycles. The molecule has 0 aliphatic rings. The van der Waals surface area contributed by atoms with E-state index >= 15 is 0 Å². The van der Waals surface area contributed by atoms with Crippen LogP contribution in [0.15, 0.2) is 77.0 Å². The summed E-state index contributed by atoms with van der Waals surface area (Å²) in [6.07, 6.45) is 0. The van der Waals surface area contributed by atoms with Gasteiger partial charge in [-0.3, -0.25) is 4.57 Å². The SMILES string of the molecule is COc1cc(CN(Cc2ccc(-c3csnn3)cc2)S(=O)(=O)c2ccc(OCC(=O)O)cc2)ccc1C(F)(F)P(=O)(O)O. The summed E-state index contributed by atoms with van der Waals surface area (Å²) in [7, 11) is -9.10. The first-order valence-electron chi connectivity index (χ1n) is 12.1. The molecule has 0 unspecified atom stereocenters. The van der Waals surface area contributed by atoms with Crippen LogP contribution < -0.4 is 9.47 Å². The van der Waals surface area contributed by atoms with Gasteiger partial charge in [-0.25, -0.2) is 13.2 Å². The van der Waals surface area contributed by atoms with Crippen molar-refractivity contribution in [1.82, 2.24) is 13.9 Å². The highest BCUT2D eigenvalue weighted by Gasteiger charge is 2.52. The molecular formula is C26H24F2N3O9PS2. The van der Waals surface area contributed by atoms with Crippen LogP contribution in [0.5, 0.6) is 11.5 Å². The number of rotatable bonds is 13. The van der Waals surface area contributed by atoms with Gasteiger partial charge in [0, 0.05) is 24.0 Å². The van der Waals surface area contributed by atoms with Crippen LogP contribution >= 0.6 is 19.1 Å². The van der Waals surface area contributed by atoms with Crippen LogP contribution in [0.3, 0.4) is 0 Å². The third-order valence-electron chi connectivity index (χ3n) is 6.11. The number of benzene rings is 3. The molecule has 0 radical (unpaired) electrons. The Bertz CT molecular complexity index is 1730. The van der Waals surface area contributed by atoms with Gasteiger partial charge in [-0.05, 0) is 59.1 Å². The predicted octanol–water partition coefficient (Wildman–Crippen LogP) is 4.30. The predicted molar refractivity (Wildman–Crippen MR) is 150 cm³/mol. The Morgan fingerprint density at radius 1 is 1.02 bits per heavy atom. The summed E-state index contributed by atoms with van der Waals surface area (Å²) >= 11 is 1.18. The van der Waals surface area contributed by atoms with Gasteiger partial charge in [-0.2, -0.15) is 13.1 Å². The highest BCUT2D eigenvalue weighted by molar-refractivity contribution is 7.89. The number of carboxylic acid groups (broad SMARTS) is 1. The zero-order valence-corrected chi connectivity index (χ0v) is 24.7. The number of hydrogen-bond acceptors (Lipinski definition) is 9. The number of methoxy groups -OCH3 is 1. The second-order valence-electron chi connectivity index (χ2n) is 9.03. The number of carbonyl (C=O) groups is 1. The van der Waals surface area contributed by atoms with E-state index in [0.29, 0.717) is 11.3 Å². The largest absolute Gasteiger partial charge is 0.496 e. The average Bonchev–Trinajstić information content (AvgIpc) is 3.51. The van der Waals surface area contributed by atoms with Gasteiger partial charge in [0.2, 0.25) is 10.0 Å². The van der Waals surface area contributed by atoms with Gasteiger partial charge in [-0.1, -0.05) is 34.8 Å². The molecule has 4 rings (SSSR count). The van der Waals surface area contributed by atoms with Crippen molar-refractivity contribution >= 4 is 35.1 Å². The first-order chi connectivity index (χ1) is 20.2. The second-order valence-corrected chi connectivity index (χ2v) is 13.2. The van der Waals surface area contributed by atoms with Crippen molar-refractivity contribution < 1.29 is 50.9 Å². The van der Waals surface area contributed by atoms with Crippen molar-refractivity contribution in [3.8, 4) is 22.8 Å². The highest BCUT2D eigenvalue weighted by Crippen LogP contribution is 2.61. The zero-order chi connectivity index (χ0) is 31.4. The molecule has 3 N–H and O–H groups in total. The highest BCUT2D eigenvalue weighted by atomic mass is 32.2. The number of aromatic nitrogens is 2. The number of halogens is 2. The fraction of sp³-hybridized carbons (Fsp3) is 0.192. The lowest BCUT2D eigenvalue weighted by Gasteiger charge is -2.24. The minimum absolute atomic E-state index is 0.131. The Morgan fingerprint density at radius 2 is 1.65 bits per heavy atom. The average molecular weight is 656 g/mol. The van der Waals surface area contributed by atoms with E-state index in [2.05, 4.69) is 9.59 Å². The van der Waals surface area contributed by atoms with Crippen molar-refractivity contribution in [2.45, 2.75) is 23.6 Å². The van der Waals surface area contributed by atoms with Crippen LogP contribution in [0.4, 0.5) is 8.78 Å². The fourth-order valence-electron chi connectivity index (χ4n) is 3.95. The lowest BCUT2D eigenvalue weighted by atomic mass is 10.1. The van der Waals surface area contributed by atoms with Gasteiger partial charge in [0.1, 0.15) is 17.2 Å². The van der Waals surface area contributed by atoms with Gasteiger partial charge in [0.05, 0.1) is 17.6 Å². The molecule has 12 nitrogen and oxygen atoms in total. The standard InChI is InChI=1S/C26H24F2N3O9PS2/c1-39-24-12-18(4-11-22(24)26(27,28)41(34,35)36)14-31(13-17-2-5-19(6-3-17)23-16-42-30-29-23)43(37,38)21-9-7-20(8-10-21)40-15-25(32)33/h2-12,16H,13-15H2,1H3,(H,32,33)(H2,34,35,36). The maximum Gasteiger partial charge on any atom is 0.399 e. The maximum atomic E-state index is 14.5. The minimum atomic E-state index is -5.89. The van der Waals surface area contributed by atoms with Crippen molar-refractivity contribution in [2.24, 2.45) is 0 Å². The van der Waals surface area contributed by atoms with Gasteiger partial charge >= 0.3 is 19.2 Å². The molecule has 228 valence electrons. The van der Waals surface area contributed by atoms with E-state index in [0.717, 1.165) is 35.2 Å². The van der Waals surface area contributed by atoms with E-state index in [1.54, 1.807) is 29.6 Å². The van der Waals surface area contributed by atoms with Gasteiger partial charge in [-0.15, -0.1) is 5.10 Å². The molecule has 0 atom stereocenters. The van der Waals surface area contributed by atoms with Crippen LogP contribution in [0.25, 0.3) is 11.3 Å². The summed E-state index contributed by atoms with van der Waals surface area (Å²) in [6, 6.07) is 15.0.